The van der Waals surface area contributed by atoms with Crippen LogP contribution in [-0.2, 0) is 9.84 Å². The fourth-order valence-corrected chi connectivity index (χ4v) is 3.87. The largest absolute Gasteiger partial charge is 0.457 e. The lowest BCUT2D eigenvalue weighted by Gasteiger charge is -2.15. The molecule has 1 unspecified atom stereocenters. The summed E-state index contributed by atoms with van der Waals surface area (Å²) in [5.74, 6) is -0.985. The third-order valence-corrected chi connectivity index (χ3v) is 5.18. The third-order valence-electron chi connectivity index (χ3n) is 4.03. The van der Waals surface area contributed by atoms with Gasteiger partial charge in [0.15, 0.2) is 16.0 Å². The summed E-state index contributed by atoms with van der Waals surface area (Å²) in [6.45, 7) is 0. The van der Waals surface area contributed by atoms with Crippen molar-refractivity contribution in [3.63, 3.8) is 0 Å². The van der Waals surface area contributed by atoms with Crippen molar-refractivity contribution in [1.82, 2.24) is 0 Å². The van der Waals surface area contributed by atoms with Crippen LogP contribution in [0.2, 0.25) is 0 Å². The Bertz CT molecular complexity index is 1030. The van der Waals surface area contributed by atoms with E-state index < -0.39 is 34.0 Å². The molecule has 0 aliphatic heterocycles. The summed E-state index contributed by atoms with van der Waals surface area (Å²) in [6.07, 6.45) is -4.92. The Morgan fingerprint density at radius 2 is 1.81 bits per heavy atom. The predicted molar refractivity (Wildman–Crippen MR) is 85.6 cm³/mol. The van der Waals surface area contributed by atoms with Crippen LogP contribution in [0.4, 0.5) is 8.78 Å². The Morgan fingerprint density at radius 3 is 2.42 bits per heavy atom. The van der Waals surface area contributed by atoms with Crippen molar-refractivity contribution in [2.75, 3.05) is 6.26 Å². The number of benzene rings is 2. The molecule has 1 aliphatic rings. The van der Waals surface area contributed by atoms with Crippen molar-refractivity contribution in [1.29, 1.82) is 5.26 Å². The average Bonchev–Trinajstić information content (AvgIpc) is 2.79. The first-order chi connectivity index (χ1) is 12.1. The van der Waals surface area contributed by atoms with Crippen LogP contribution in [0.1, 0.15) is 28.9 Å². The van der Waals surface area contributed by atoms with Gasteiger partial charge < -0.3 is 14.9 Å². The number of fused-ring (bicyclic) bond motifs is 1. The first kappa shape index (κ1) is 18.3. The maximum absolute atomic E-state index is 14.1. The zero-order valence-electron chi connectivity index (χ0n) is 13.3. The van der Waals surface area contributed by atoms with E-state index in [0.29, 0.717) is 0 Å². The predicted octanol–water partition coefficient (Wildman–Crippen LogP) is 2.31. The van der Waals surface area contributed by atoms with Gasteiger partial charge in [0.2, 0.25) is 0 Å². The van der Waals surface area contributed by atoms with Gasteiger partial charge in [-0.25, -0.2) is 17.2 Å². The number of sulfone groups is 1. The molecule has 26 heavy (non-hydrogen) atoms. The summed E-state index contributed by atoms with van der Waals surface area (Å²) in [5, 5.41) is 29.0. The van der Waals surface area contributed by atoms with E-state index in [9.17, 15) is 27.4 Å². The number of nitriles is 1. The number of aliphatic hydroxyl groups is 2. The second-order valence-corrected chi connectivity index (χ2v) is 7.87. The van der Waals surface area contributed by atoms with Crippen LogP contribution in [-0.4, -0.2) is 31.1 Å². The minimum Gasteiger partial charge on any atom is -0.457 e. The van der Waals surface area contributed by atoms with Crippen molar-refractivity contribution < 1.29 is 32.1 Å². The Kier molecular flexibility index (Phi) is 4.44. The first-order valence-electron chi connectivity index (χ1n) is 7.39. The fourth-order valence-electron chi connectivity index (χ4n) is 2.92. The molecule has 0 saturated heterocycles. The van der Waals surface area contributed by atoms with Gasteiger partial charge in [0.1, 0.15) is 29.5 Å². The molecule has 0 amide bonds. The molecule has 136 valence electrons. The second-order valence-electron chi connectivity index (χ2n) is 5.88. The minimum absolute atomic E-state index is 0.0200. The molecule has 0 radical (unpaired) electrons. The van der Waals surface area contributed by atoms with Gasteiger partial charge in [0, 0.05) is 23.4 Å². The van der Waals surface area contributed by atoms with Crippen molar-refractivity contribution >= 4 is 9.84 Å². The van der Waals surface area contributed by atoms with Crippen LogP contribution in [0.5, 0.6) is 11.5 Å². The summed E-state index contributed by atoms with van der Waals surface area (Å²) in [4.78, 5) is -0.330. The zero-order valence-corrected chi connectivity index (χ0v) is 14.2. The molecule has 0 saturated carbocycles. The maximum atomic E-state index is 14.1. The van der Waals surface area contributed by atoms with Crippen LogP contribution in [0, 0.1) is 17.1 Å². The van der Waals surface area contributed by atoms with E-state index in [1.165, 1.54) is 12.1 Å². The highest BCUT2D eigenvalue weighted by Gasteiger charge is 2.44. The van der Waals surface area contributed by atoms with E-state index >= 15 is 0 Å². The summed E-state index contributed by atoms with van der Waals surface area (Å²) in [7, 11) is -3.81. The molecule has 3 rings (SSSR count). The van der Waals surface area contributed by atoms with Crippen LogP contribution < -0.4 is 4.74 Å². The molecular weight excluding hydrogens is 368 g/mol. The van der Waals surface area contributed by atoms with Gasteiger partial charge in [0.05, 0.1) is 16.5 Å². The van der Waals surface area contributed by atoms with Crippen LogP contribution in [0.3, 0.4) is 0 Å². The number of aliphatic hydroxyl groups excluding tert-OH is 2. The Morgan fingerprint density at radius 1 is 1.15 bits per heavy atom. The number of hydrogen-bond acceptors (Lipinski definition) is 6. The zero-order chi connectivity index (χ0) is 19.2. The Balaban J connectivity index is 2.17. The molecule has 0 heterocycles. The molecule has 2 N–H and O–H groups in total. The molecule has 2 aromatic carbocycles. The van der Waals surface area contributed by atoms with Gasteiger partial charge in [-0.3, -0.25) is 0 Å². The van der Waals surface area contributed by atoms with E-state index in [1.807, 2.05) is 0 Å². The standard InChI is InChI=1S/C17H13F2NO5S/c1-26(23,24)12-3-2-11(13-14(12)17(22)15(19)16(13)21)25-10-5-8(7-20)4-9(18)6-10/h2-6,15-17,21-22H,1H3/t15-,16?,17+/m1/s1. The van der Waals surface area contributed by atoms with Gasteiger partial charge in [-0.1, -0.05) is 0 Å². The van der Waals surface area contributed by atoms with Crippen LogP contribution in [0.25, 0.3) is 0 Å². The summed E-state index contributed by atoms with van der Waals surface area (Å²) in [6, 6.07) is 7.23. The van der Waals surface area contributed by atoms with Crippen molar-refractivity contribution in [3.05, 3.63) is 52.8 Å². The summed E-state index contributed by atoms with van der Waals surface area (Å²) < 4.78 is 56.9. The molecule has 0 spiro atoms. The molecule has 0 aromatic heterocycles. The third kappa shape index (κ3) is 3.03. The van der Waals surface area contributed by atoms with Crippen LogP contribution >= 0.6 is 0 Å². The van der Waals surface area contributed by atoms with Gasteiger partial charge in [-0.15, -0.1) is 0 Å². The molecular formula is C17H13F2NO5S. The topological polar surface area (TPSA) is 108 Å². The molecule has 9 heteroatoms. The van der Waals surface area contributed by atoms with Crippen molar-refractivity contribution in [2.24, 2.45) is 0 Å². The van der Waals surface area contributed by atoms with Gasteiger partial charge >= 0.3 is 0 Å². The summed E-state index contributed by atoms with van der Waals surface area (Å²) >= 11 is 0. The van der Waals surface area contributed by atoms with E-state index in [0.717, 1.165) is 24.5 Å². The molecule has 2 aromatic rings. The highest BCUT2D eigenvalue weighted by molar-refractivity contribution is 7.90. The first-order valence-corrected chi connectivity index (χ1v) is 9.28. The monoisotopic (exact) mass is 381 g/mol. The van der Waals surface area contributed by atoms with Crippen molar-refractivity contribution in [3.8, 4) is 17.6 Å². The quantitative estimate of drug-likeness (QED) is 0.845. The normalized spacial score (nSPS) is 21.9. The molecule has 6 nitrogen and oxygen atoms in total. The second kappa shape index (κ2) is 6.32. The SMILES string of the molecule is CS(=O)(=O)c1ccc(Oc2cc(F)cc(C#N)c2)c2c1[C@H](O)[C@H](F)C2O. The number of alkyl halides is 1. The molecule has 0 bridgehead atoms. The minimum atomic E-state index is -3.81. The lowest BCUT2D eigenvalue weighted by molar-refractivity contribution is 0.00836. The molecule has 0 fully saturated rings. The van der Waals surface area contributed by atoms with Gasteiger partial charge in [-0.05, 0) is 24.3 Å². The van der Waals surface area contributed by atoms with Gasteiger partial charge in [-0.2, -0.15) is 5.26 Å². The highest BCUT2D eigenvalue weighted by Crippen LogP contribution is 2.49. The number of hydrogen-bond donors (Lipinski definition) is 2. The van der Waals surface area contributed by atoms with E-state index in [-0.39, 0.29) is 33.1 Å². The smallest absolute Gasteiger partial charge is 0.175 e. The number of nitrogens with zero attached hydrogens (tertiary/aromatic N) is 1. The van der Waals surface area contributed by atoms with Crippen LogP contribution in [0.15, 0.2) is 35.2 Å². The number of halogens is 2. The fraction of sp³-hybridized carbons (Fsp3) is 0.235. The van der Waals surface area contributed by atoms with E-state index in [1.54, 1.807) is 6.07 Å². The number of ether oxygens (including phenoxy) is 1. The Labute approximate surface area is 147 Å². The number of rotatable bonds is 3. The van der Waals surface area contributed by atoms with E-state index in [2.05, 4.69) is 0 Å². The van der Waals surface area contributed by atoms with Crippen molar-refractivity contribution in [2.45, 2.75) is 23.3 Å². The molecule has 1 aliphatic carbocycles. The average molecular weight is 381 g/mol. The Hall–Kier alpha value is -2.54. The van der Waals surface area contributed by atoms with E-state index in [4.69, 9.17) is 10.00 Å². The molecule has 3 atom stereocenters. The highest BCUT2D eigenvalue weighted by atomic mass is 32.2. The maximum Gasteiger partial charge on any atom is 0.175 e. The van der Waals surface area contributed by atoms with Gasteiger partial charge in [0.25, 0.3) is 0 Å². The summed E-state index contributed by atoms with van der Waals surface area (Å²) in [5.41, 5.74) is -0.536. The lowest BCUT2D eigenvalue weighted by Crippen LogP contribution is -2.13. The lowest BCUT2D eigenvalue weighted by atomic mass is 10.1.